The monoisotopic (exact) mass is 264 g/mol. The molecule has 108 valence electrons. The number of rotatable bonds is 7. The number of likely N-dealkylation sites (N-methyl/N-ethyl adjacent to an activating group) is 1. The number of aliphatic hydroxyl groups excluding tert-OH is 1. The van der Waals surface area contributed by atoms with Crippen molar-refractivity contribution in [2.45, 2.75) is 26.9 Å². The Morgan fingerprint density at radius 3 is 2.21 bits per heavy atom. The Morgan fingerprint density at radius 2 is 1.68 bits per heavy atom. The van der Waals surface area contributed by atoms with Crippen molar-refractivity contribution < 1.29 is 5.11 Å². The largest absolute Gasteiger partial charge is 0.389 e. The van der Waals surface area contributed by atoms with E-state index in [-0.39, 0.29) is 0 Å². The average Bonchev–Trinajstić information content (AvgIpc) is 2.33. The van der Waals surface area contributed by atoms with Gasteiger partial charge in [0.1, 0.15) is 0 Å². The number of aliphatic hydroxyl groups is 1. The SMILES string of the molecule is CC(C)CN(CCN(C)C)c1ccccc1[C@@H](C)O. The molecule has 1 N–H and O–H groups in total. The van der Waals surface area contributed by atoms with Crippen LogP contribution in [0.3, 0.4) is 0 Å². The van der Waals surface area contributed by atoms with E-state index in [1.807, 2.05) is 25.1 Å². The summed E-state index contributed by atoms with van der Waals surface area (Å²) in [4.78, 5) is 4.57. The zero-order valence-electron chi connectivity index (χ0n) is 12.9. The average molecular weight is 264 g/mol. The Morgan fingerprint density at radius 1 is 1.05 bits per heavy atom. The molecule has 1 aromatic rings. The third kappa shape index (κ3) is 5.21. The van der Waals surface area contributed by atoms with Gasteiger partial charge < -0.3 is 14.9 Å². The van der Waals surface area contributed by atoms with E-state index in [4.69, 9.17) is 0 Å². The minimum Gasteiger partial charge on any atom is -0.389 e. The van der Waals surface area contributed by atoms with Crippen molar-refractivity contribution in [3.63, 3.8) is 0 Å². The van der Waals surface area contributed by atoms with Crippen molar-refractivity contribution in [2.24, 2.45) is 5.92 Å². The maximum atomic E-state index is 9.93. The lowest BCUT2D eigenvalue weighted by Crippen LogP contribution is -2.35. The highest BCUT2D eigenvalue weighted by atomic mass is 16.3. The second-order valence-electron chi connectivity index (χ2n) is 5.88. The highest BCUT2D eigenvalue weighted by Gasteiger charge is 2.15. The van der Waals surface area contributed by atoms with Crippen molar-refractivity contribution in [3.8, 4) is 0 Å². The first-order valence-electron chi connectivity index (χ1n) is 7.08. The van der Waals surface area contributed by atoms with Crippen molar-refractivity contribution in [3.05, 3.63) is 29.8 Å². The van der Waals surface area contributed by atoms with Crippen molar-refractivity contribution in [2.75, 3.05) is 38.6 Å². The molecule has 0 unspecified atom stereocenters. The van der Waals surface area contributed by atoms with Gasteiger partial charge in [0.15, 0.2) is 0 Å². The van der Waals surface area contributed by atoms with E-state index in [0.717, 1.165) is 30.9 Å². The summed E-state index contributed by atoms with van der Waals surface area (Å²) in [6.45, 7) is 9.30. The number of nitrogens with zero attached hydrogens (tertiary/aromatic N) is 2. The summed E-state index contributed by atoms with van der Waals surface area (Å²) in [5, 5.41) is 9.93. The number of para-hydroxylation sites is 1. The number of benzene rings is 1. The highest BCUT2D eigenvalue weighted by Crippen LogP contribution is 2.26. The molecule has 0 aliphatic heterocycles. The molecule has 0 bridgehead atoms. The molecule has 0 aliphatic rings. The molecule has 0 fully saturated rings. The summed E-state index contributed by atoms with van der Waals surface area (Å²) >= 11 is 0. The predicted octanol–water partition coefficient (Wildman–Crippen LogP) is 2.76. The van der Waals surface area contributed by atoms with Crippen LogP contribution in [0.2, 0.25) is 0 Å². The maximum Gasteiger partial charge on any atom is 0.0781 e. The predicted molar refractivity (Wildman–Crippen MR) is 82.7 cm³/mol. The van der Waals surface area contributed by atoms with Crippen LogP contribution in [0.4, 0.5) is 5.69 Å². The normalized spacial score (nSPS) is 13.1. The van der Waals surface area contributed by atoms with Gasteiger partial charge in [-0.05, 0) is 33.0 Å². The second kappa shape index (κ2) is 7.51. The van der Waals surface area contributed by atoms with E-state index in [1.54, 1.807) is 0 Å². The van der Waals surface area contributed by atoms with Gasteiger partial charge in [-0.3, -0.25) is 0 Å². The summed E-state index contributed by atoms with van der Waals surface area (Å²) in [6.07, 6.45) is -0.426. The molecular formula is C16H28N2O. The lowest BCUT2D eigenvalue weighted by atomic mass is 10.1. The molecule has 0 saturated carbocycles. The van der Waals surface area contributed by atoms with Crippen LogP contribution in [0, 0.1) is 5.92 Å². The number of anilines is 1. The van der Waals surface area contributed by atoms with Gasteiger partial charge in [-0.15, -0.1) is 0 Å². The fourth-order valence-electron chi connectivity index (χ4n) is 2.20. The smallest absolute Gasteiger partial charge is 0.0781 e. The molecule has 0 spiro atoms. The minimum atomic E-state index is -0.426. The third-order valence-electron chi connectivity index (χ3n) is 3.13. The topological polar surface area (TPSA) is 26.7 Å². The summed E-state index contributed by atoms with van der Waals surface area (Å²) < 4.78 is 0. The molecule has 1 atom stereocenters. The third-order valence-corrected chi connectivity index (χ3v) is 3.13. The van der Waals surface area contributed by atoms with Crippen LogP contribution in [0.5, 0.6) is 0 Å². The molecule has 0 radical (unpaired) electrons. The standard InChI is InChI=1S/C16H28N2O/c1-13(2)12-18(11-10-17(4)5)16-9-7-6-8-15(16)14(3)19/h6-9,13-14,19H,10-12H2,1-5H3/t14-/m1/s1. The van der Waals surface area contributed by atoms with E-state index < -0.39 is 6.10 Å². The van der Waals surface area contributed by atoms with Crippen molar-refractivity contribution in [1.82, 2.24) is 4.90 Å². The van der Waals surface area contributed by atoms with Gasteiger partial charge in [-0.25, -0.2) is 0 Å². The Kier molecular flexibility index (Phi) is 6.32. The Labute approximate surface area is 117 Å². The van der Waals surface area contributed by atoms with Crippen molar-refractivity contribution >= 4 is 5.69 Å². The first-order chi connectivity index (χ1) is 8.91. The van der Waals surface area contributed by atoms with Gasteiger partial charge in [0, 0.05) is 30.9 Å². The molecular weight excluding hydrogens is 236 g/mol. The van der Waals surface area contributed by atoms with Crippen LogP contribution in [-0.2, 0) is 0 Å². The molecule has 3 nitrogen and oxygen atoms in total. The maximum absolute atomic E-state index is 9.93. The molecule has 0 aliphatic carbocycles. The van der Waals surface area contributed by atoms with E-state index in [0.29, 0.717) is 5.92 Å². The summed E-state index contributed by atoms with van der Waals surface area (Å²) in [6, 6.07) is 8.17. The minimum absolute atomic E-state index is 0.426. The fourth-order valence-corrected chi connectivity index (χ4v) is 2.20. The lowest BCUT2D eigenvalue weighted by molar-refractivity contribution is 0.199. The van der Waals surface area contributed by atoms with Crippen LogP contribution in [-0.4, -0.2) is 43.7 Å². The quantitative estimate of drug-likeness (QED) is 0.820. The van der Waals surface area contributed by atoms with Crippen molar-refractivity contribution in [1.29, 1.82) is 0 Å². The van der Waals surface area contributed by atoms with E-state index in [2.05, 4.69) is 43.8 Å². The summed E-state index contributed by atoms with van der Waals surface area (Å²) in [7, 11) is 4.18. The van der Waals surface area contributed by atoms with E-state index in [1.165, 1.54) is 0 Å². The highest BCUT2D eigenvalue weighted by molar-refractivity contribution is 5.54. The second-order valence-corrected chi connectivity index (χ2v) is 5.88. The van der Waals surface area contributed by atoms with Gasteiger partial charge in [-0.1, -0.05) is 32.0 Å². The molecule has 0 aromatic heterocycles. The first-order valence-corrected chi connectivity index (χ1v) is 7.08. The summed E-state index contributed by atoms with van der Waals surface area (Å²) in [5.74, 6) is 0.601. The number of hydrogen-bond donors (Lipinski definition) is 1. The Balaban J connectivity index is 2.95. The molecule has 0 saturated heterocycles. The molecule has 1 aromatic carbocycles. The first kappa shape index (κ1) is 16.0. The lowest BCUT2D eigenvalue weighted by Gasteiger charge is -2.30. The van der Waals surface area contributed by atoms with Gasteiger partial charge in [0.25, 0.3) is 0 Å². The molecule has 0 heterocycles. The van der Waals surface area contributed by atoms with Gasteiger partial charge in [-0.2, -0.15) is 0 Å². The van der Waals surface area contributed by atoms with Crippen LogP contribution in [0.1, 0.15) is 32.4 Å². The van der Waals surface area contributed by atoms with Gasteiger partial charge in [0.2, 0.25) is 0 Å². The molecule has 1 rings (SSSR count). The van der Waals surface area contributed by atoms with Crippen LogP contribution >= 0.6 is 0 Å². The molecule has 0 amide bonds. The summed E-state index contributed by atoms with van der Waals surface area (Å²) in [5.41, 5.74) is 2.18. The fraction of sp³-hybridized carbons (Fsp3) is 0.625. The van der Waals surface area contributed by atoms with Crippen LogP contribution in [0.25, 0.3) is 0 Å². The van der Waals surface area contributed by atoms with E-state index in [9.17, 15) is 5.11 Å². The molecule has 3 heteroatoms. The number of hydrogen-bond acceptors (Lipinski definition) is 3. The Hall–Kier alpha value is -1.06. The van der Waals surface area contributed by atoms with E-state index >= 15 is 0 Å². The van der Waals surface area contributed by atoms with Crippen LogP contribution in [0.15, 0.2) is 24.3 Å². The Bertz CT molecular complexity index is 375. The molecule has 19 heavy (non-hydrogen) atoms. The van der Waals surface area contributed by atoms with Gasteiger partial charge in [0.05, 0.1) is 6.10 Å². The zero-order valence-corrected chi connectivity index (χ0v) is 12.9. The zero-order chi connectivity index (χ0) is 14.4. The van der Waals surface area contributed by atoms with Gasteiger partial charge >= 0.3 is 0 Å². The van der Waals surface area contributed by atoms with Crippen LogP contribution < -0.4 is 4.90 Å².